The summed E-state index contributed by atoms with van der Waals surface area (Å²) in [7, 11) is 0. The van der Waals surface area contributed by atoms with Gasteiger partial charge < -0.3 is 0 Å². The molecular formula is C13H26. The summed E-state index contributed by atoms with van der Waals surface area (Å²) < 4.78 is 0. The predicted molar refractivity (Wildman–Crippen MR) is 59.9 cm³/mol. The maximum absolute atomic E-state index is 2.00. The fourth-order valence-corrected chi connectivity index (χ4v) is 3.04. The van der Waals surface area contributed by atoms with Crippen LogP contribution in [0.25, 0.3) is 0 Å². The lowest BCUT2D eigenvalue weighted by atomic mass is 9.84. The molecule has 0 heterocycles. The Morgan fingerprint density at radius 1 is 0.538 bits per heavy atom. The van der Waals surface area contributed by atoms with Gasteiger partial charge in [0.2, 0.25) is 0 Å². The van der Waals surface area contributed by atoms with Gasteiger partial charge in [0.05, 0.1) is 0 Å². The van der Waals surface area contributed by atoms with Crippen molar-refractivity contribution in [2.75, 3.05) is 0 Å². The van der Waals surface area contributed by atoms with Gasteiger partial charge in [0.15, 0.2) is 0 Å². The van der Waals surface area contributed by atoms with Crippen LogP contribution in [0.3, 0.4) is 0 Å². The molecule has 0 bridgehead atoms. The van der Waals surface area contributed by atoms with Gasteiger partial charge in [-0.05, 0) is 11.8 Å². The van der Waals surface area contributed by atoms with E-state index in [1.54, 1.807) is 25.7 Å². The fourth-order valence-electron chi connectivity index (χ4n) is 3.04. The van der Waals surface area contributed by atoms with Crippen LogP contribution in [0.15, 0.2) is 0 Å². The van der Waals surface area contributed by atoms with E-state index in [1.807, 2.05) is 13.8 Å². The summed E-state index contributed by atoms with van der Waals surface area (Å²) in [4.78, 5) is 0. The Hall–Kier alpha value is 0. The van der Waals surface area contributed by atoms with Crippen molar-refractivity contribution >= 4 is 0 Å². The highest BCUT2D eigenvalue weighted by atomic mass is 14.3. The molecule has 0 aromatic carbocycles. The Labute approximate surface area is 84.1 Å². The lowest BCUT2D eigenvalue weighted by molar-refractivity contribution is 0.301. The minimum Gasteiger partial charge on any atom is -0.0683 e. The molecule has 0 aromatic heterocycles. The van der Waals surface area contributed by atoms with Crippen LogP contribution in [-0.4, -0.2) is 0 Å². The van der Waals surface area contributed by atoms with Gasteiger partial charge in [-0.2, -0.15) is 0 Å². The third-order valence-electron chi connectivity index (χ3n) is 3.72. The zero-order valence-corrected chi connectivity index (χ0v) is 9.52. The molecule has 0 aromatic rings. The Morgan fingerprint density at radius 2 is 0.923 bits per heavy atom. The maximum atomic E-state index is 2.00. The summed E-state index contributed by atoms with van der Waals surface area (Å²) in [5.74, 6) is 2.30. The Bertz CT molecular complexity index is 103. The van der Waals surface area contributed by atoms with E-state index < -0.39 is 0 Å². The highest BCUT2D eigenvalue weighted by Gasteiger charge is 2.26. The minimum atomic E-state index is 1.15. The van der Waals surface area contributed by atoms with Gasteiger partial charge in [-0.15, -0.1) is 0 Å². The number of fused-ring (bicyclic) bond motifs is 1. The van der Waals surface area contributed by atoms with Crippen LogP contribution in [0, 0.1) is 11.8 Å². The normalized spacial score (nSPS) is 33.7. The van der Waals surface area contributed by atoms with Crippen LogP contribution >= 0.6 is 0 Å². The molecule has 2 saturated carbocycles. The average molecular weight is 182 g/mol. The van der Waals surface area contributed by atoms with Crippen LogP contribution < -0.4 is 0 Å². The van der Waals surface area contributed by atoms with E-state index in [0.29, 0.717) is 0 Å². The fraction of sp³-hybridized carbons (Fsp3) is 1.00. The van der Waals surface area contributed by atoms with Gasteiger partial charge in [0.25, 0.3) is 0 Å². The summed E-state index contributed by atoms with van der Waals surface area (Å²) >= 11 is 0. The summed E-state index contributed by atoms with van der Waals surface area (Å²) in [6.45, 7) is 4.00. The molecule has 0 aliphatic heterocycles. The number of hydrogen-bond donors (Lipinski definition) is 0. The molecule has 2 unspecified atom stereocenters. The first-order valence-electron chi connectivity index (χ1n) is 6.47. The van der Waals surface area contributed by atoms with Gasteiger partial charge in [0.1, 0.15) is 0 Å². The average Bonchev–Trinajstić information content (AvgIpc) is 2.55. The van der Waals surface area contributed by atoms with Crippen LogP contribution in [0.5, 0.6) is 0 Å². The molecule has 0 nitrogen and oxygen atoms in total. The molecule has 0 heteroatoms. The highest BCUT2D eigenvalue weighted by molar-refractivity contribution is 4.78. The predicted octanol–water partition coefficient (Wildman–Crippen LogP) is 4.78. The molecule has 2 aliphatic rings. The van der Waals surface area contributed by atoms with Crippen molar-refractivity contribution < 1.29 is 0 Å². The largest absolute Gasteiger partial charge is 0.0683 e. The monoisotopic (exact) mass is 182 g/mol. The van der Waals surface area contributed by atoms with Crippen molar-refractivity contribution in [2.45, 2.75) is 71.6 Å². The molecule has 0 saturated heterocycles. The molecule has 0 radical (unpaired) electrons. The second-order valence-electron chi connectivity index (χ2n) is 4.44. The Morgan fingerprint density at radius 3 is 1.38 bits per heavy atom. The summed E-state index contributed by atoms with van der Waals surface area (Å²) in [6.07, 6.45) is 13.9. The van der Waals surface area contributed by atoms with E-state index in [4.69, 9.17) is 0 Å². The second kappa shape index (κ2) is 6.45. The van der Waals surface area contributed by atoms with E-state index in [1.165, 1.54) is 32.1 Å². The number of hydrogen-bond acceptors (Lipinski definition) is 0. The van der Waals surface area contributed by atoms with Crippen LogP contribution in [0.2, 0.25) is 0 Å². The Balaban J connectivity index is 0.000000396. The zero-order valence-electron chi connectivity index (χ0n) is 9.52. The SMILES string of the molecule is C1CCCC2CCCC2CC1.CC. The van der Waals surface area contributed by atoms with E-state index in [0.717, 1.165) is 11.8 Å². The standard InChI is InChI=1S/C11H20.C2H6/c1-2-4-7-11-9-5-8-10(11)6-3-1;1-2/h10-11H,1-9H2;1-2H3. The van der Waals surface area contributed by atoms with Crippen molar-refractivity contribution in [3.8, 4) is 0 Å². The first kappa shape index (κ1) is 11.1. The molecule has 0 spiro atoms. The van der Waals surface area contributed by atoms with Gasteiger partial charge >= 0.3 is 0 Å². The van der Waals surface area contributed by atoms with Crippen molar-refractivity contribution in [3.05, 3.63) is 0 Å². The number of rotatable bonds is 0. The second-order valence-corrected chi connectivity index (χ2v) is 4.44. The molecule has 0 N–H and O–H groups in total. The molecule has 2 atom stereocenters. The first-order chi connectivity index (χ1) is 6.47. The zero-order chi connectivity index (χ0) is 9.52. The minimum absolute atomic E-state index is 1.15. The van der Waals surface area contributed by atoms with Crippen LogP contribution in [-0.2, 0) is 0 Å². The van der Waals surface area contributed by atoms with E-state index in [-0.39, 0.29) is 0 Å². The van der Waals surface area contributed by atoms with Crippen LogP contribution in [0.1, 0.15) is 71.6 Å². The third kappa shape index (κ3) is 3.32. The molecule has 2 rings (SSSR count). The maximum Gasteiger partial charge on any atom is -0.0386 e. The highest BCUT2D eigenvalue weighted by Crippen LogP contribution is 2.39. The van der Waals surface area contributed by atoms with Gasteiger partial charge in [-0.25, -0.2) is 0 Å². The lowest BCUT2D eigenvalue weighted by Gasteiger charge is -2.21. The Kier molecular flexibility index (Phi) is 5.50. The van der Waals surface area contributed by atoms with Crippen molar-refractivity contribution in [3.63, 3.8) is 0 Å². The van der Waals surface area contributed by atoms with Crippen molar-refractivity contribution in [1.29, 1.82) is 0 Å². The molecule has 0 amide bonds. The van der Waals surface area contributed by atoms with E-state index >= 15 is 0 Å². The van der Waals surface area contributed by atoms with Gasteiger partial charge in [-0.3, -0.25) is 0 Å². The summed E-state index contributed by atoms with van der Waals surface area (Å²) in [6, 6.07) is 0. The first-order valence-corrected chi connectivity index (χ1v) is 6.47. The smallest absolute Gasteiger partial charge is 0.0386 e. The summed E-state index contributed by atoms with van der Waals surface area (Å²) in [5.41, 5.74) is 0. The quantitative estimate of drug-likeness (QED) is 0.505. The third-order valence-corrected chi connectivity index (χ3v) is 3.72. The molecule has 78 valence electrons. The molecule has 13 heavy (non-hydrogen) atoms. The van der Waals surface area contributed by atoms with E-state index in [9.17, 15) is 0 Å². The van der Waals surface area contributed by atoms with E-state index in [2.05, 4.69) is 0 Å². The molecule has 2 aliphatic carbocycles. The topological polar surface area (TPSA) is 0 Å². The molecular weight excluding hydrogens is 156 g/mol. The van der Waals surface area contributed by atoms with Gasteiger partial charge in [0, 0.05) is 0 Å². The van der Waals surface area contributed by atoms with Crippen molar-refractivity contribution in [1.82, 2.24) is 0 Å². The van der Waals surface area contributed by atoms with Gasteiger partial charge in [-0.1, -0.05) is 71.6 Å². The van der Waals surface area contributed by atoms with Crippen LogP contribution in [0.4, 0.5) is 0 Å². The van der Waals surface area contributed by atoms with Crippen molar-refractivity contribution in [2.24, 2.45) is 11.8 Å². The molecule has 2 fully saturated rings. The summed E-state index contributed by atoms with van der Waals surface area (Å²) in [5, 5.41) is 0. The lowest BCUT2D eigenvalue weighted by Crippen LogP contribution is -2.09.